The van der Waals surface area contributed by atoms with Gasteiger partial charge in [-0.3, -0.25) is 9.00 Å². The monoisotopic (exact) mass is 280 g/mol. The van der Waals surface area contributed by atoms with Gasteiger partial charge in [-0.1, -0.05) is 29.3 Å². The van der Waals surface area contributed by atoms with Crippen molar-refractivity contribution < 1.29 is 14.1 Å². The number of carbonyl (C=O) groups is 1. The number of aliphatic carboxylic acids is 1. The fourth-order valence-corrected chi connectivity index (χ4v) is 3.25. The van der Waals surface area contributed by atoms with Crippen molar-refractivity contribution in [2.45, 2.75) is 17.7 Å². The van der Waals surface area contributed by atoms with Gasteiger partial charge in [-0.05, 0) is 18.6 Å². The van der Waals surface area contributed by atoms with Crippen LogP contribution < -0.4 is 0 Å². The highest BCUT2D eigenvalue weighted by Crippen LogP contribution is 2.28. The van der Waals surface area contributed by atoms with Crippen LogP contribution in [0.1, 0.15) is 12.8 Å². The number of hydrogen-bond donors (Lipinski definition) is 1. The molecule has 0 bridgehead atoms. The lowest BCUT2D eigenvalue weighted by Gasteiger charge is -2.05. The number of rotatable bonds is 5. The zero-order valence-corrected chi connectivity index (χ0v) is 10.6. The molecule has 3 nitrogen and oxygen atoms in total. The van der Waals surface area contributed by atoms with E-state index in [9.17, 15) is 9.00 Å². The van der Waals surface area contributed by atoms with Crippen molar-refractivity contribution >= 4 is 40.0 Å². The largest absolute Gasteiger partial charge is 0.481 e. The minimum atomic E-state index is -1.35. The van der Waals surface area contributed by atoms with Crippen molar-refractivity contribution in [1.82, 2.24) is 0 Å². The lowest BCUT2D eigenvalue weighted by atomic mass is 10.3. The number of benzene rings is 1. The second-order valence-corrected chi connectivity index (χ2v) is 5.42. The maximum atomic E-state index is 11.8. The lowest BCUT2D eigenvalue weighted by molar-refractivity contribution is -0.137. The van der Waals surface area contributed by atoms with E-state index in [0.29, 0.717) is 21.4 Å². The molecule has 0 heterocycles. The molecule has 88 valence electrons. The number of halogens is 2. The van der Waals surface area contributed by atoms with E-state index in [0.717, 1.165) is 0 Å². The van der Waals surface area contributed by atoms with E-state index < -0.39 is 16.8 Å². The maximum Gasteiger partial charge on any atom is 0.303 e. The van der Waals surface area contributed by atoms with Gasteiger partial charge >= 0.3 is 5.97 Å². The van der Waals surface area contributed by atoms with Crippen molar-refractivity contribution in [2.75, 3.05) is 5.75 Å². The molecule has 0 aliphatic carbocycles. The molecule has 1 aromatic rings. The topological polar surface area (TPSA) is 54.4 Å². The first kappa shape index (κ1) is 13.5. The molecule has 0 fully saturated rings. The van der Waals surface area contributed by atoms with Crippen molar-refractivity contribution in [3.05, 3.63) is 28.2 Å². The molecule has 0 saturated heterocycles. The van der Waals surface area contributed by atoms with Gasteiger partial charge in [0, 0.05) is 12.2 Å². The van der Waals surface area contributed by atoms with Crippen molar-refractivity contribution in [3.63, 3.8) is 0 Å². The first-order valence-corrected chi connectivity index (χ1v) is 6.64. The smallest absolute Gasteiger partial charge is 0.303 e. The molecule has 1 unspecified atom stereocenters. The Morgan fingerprint density at radius 1 is 1.31 bits per heavy atom. The van der Waals surface area contributed by atoms with Crippen LogP contribution in [0, 0.1) is 0 Å². The highest BCUT2D eigenvalue weighted by Gasteiger charge is 2.13. The minimum Gasteiger partial charge on any atom is -0.481 e. The Morgan fingerprint density at radius 3 is 2.38 bits per heavy atom. The normalized spacial score (nSPS) is 12.4. The van der Waals surface area contributed by atoms with E-state index in [1.54, 1.807) is 18.2 Å². The molecule has 0 spiro atoms. The predicted molar refractivity (Wildman–Crippen MR) is 64.6 cm³/mol. The minimum absolute atomic E-state index is 0.00614. The highest BCUT2D eigenvalue weighted by molar-refractivity contribution is 7.85. The Hall–Kier alpha value is -0.580. The fourth-order valence-electron chi connectivity index (χ4n) is 1.16. The summed E-state index contributed by atoms with van der Waals surface area (Å²) in [6, 6.07) is 4.89. The molecule has 16 heavy (non-hydrogen) atoms. The van der Waals surface area contributed by atoms with Crippen molar-refractivity contribution in [3.8, 4) is 0 Å². The molecular weight excluding hydrogens is 271 g/mol. The van der Waals surface area contributed by atoms with E-state index in [1.165, 1.54) is 0 Å². The van der Waals surface area contributed by atoms with E-state index in [4.69, 9.17) is 28.3 Å². The summed E-state index contributed by atoms with van der Waals surface area (Å²) < 4.78 is 11.8. The summed E-state index contributed by atoms with van der Waals surface area (Å²) >= 11 is 11.7. The van der Waals surface area contributed by atoms with Gasteiger partial charge in [0.15, 0.2) is 0 Å². The van der Waals surface area contributed by atoms with Crippen LogP contribution in [-0.4, -0.2) is 21.0 Å². The van der Waals surface area contributed by atoms with Gasteiger partial charge in [-0.2, -0.15) is 0 Å². The van der Waals surface area contributed by atoms with E-state index in [2.05, 4.69) is 0 Å². The quantitative estimate of drug-likeness (QED) is 0.902. The molecule has 6 heteroatoms. The molecule has 0 saturated carbocycles. The Labute approximate surface area is 106 Å². The van der Waals surface area contributed by atoms with Gasteiger partial charge < -0.3 is 5.11 Å². The van der Waals surface area contributed by atoms with Crippen LogP contribution in [0.2, 0.25) is 10.0 Å². The summed E-state index contributed by atoms with van der Waals surface area (Å²) in [5, 5.41) is 9.15. The lowest BCUT2D eigenvalue weighted by Crippen LogP contribution is -2.03. The molecule has 0 radical (unpaired) electrons. The van der Waals surface area contributed by atoms with Gasteiger partial charge in [0.05, 0.1) is 25.7 Å². The van der Waals surface area contributed by atoms with Gasteiger partial charge in [-0.15, -0.1) is 0 Å². The number of carboxylic acids is 1. The molecule has 0 aromatic heterocycles. The average molecular weight is 281 g/mol. The van der Waals surface area contributed by atoms with Gasteiger partial charge in [0.1, 0.15) is 0 Å². The third kappa shape index (κ3) is 3.77. The molecule has 0 amide bonds. The zero-order chi connectivity index (χ0) is 12.1. The summed E-state index contributed by atoms with van der Waals surface area (Å²) in [6.45, 7) is 0. The summed E-state index contributed by atoms with van der Waals surface area (Å²) in [6.07, 6.45) is 0.331. The molecule has 1 rings (SSSR count). The van der Waals surface area contributed by atoms with E-state index >= 15 is 0 Å². The Morgan fingerprint density at radius 2 is 1.88 bits per heavy atom. The SMILES string of the molecule is O=C(O)CCCS(=O)c1c(Cl)cccc1Cl. The maximum absolute atomic E-state index is 11.8. The number of carboxylic acid groups (broad SMARTS) is 1. The molecule has 0 aliphatic rings. The van der Waals surface area contributed by atoms with Crippen LogP contribution in [0.25, 0.3) is 0 Å². The van der Waals surface area contributed by atoms with Gasteiger partial charge in [-0.25, -0.2) is 0 Å². The van der Waals surface area contributed by atoms with Crippen LogP contribution in [0.5, 0.6) is 0 Å². The molecule has 1 aromatic carbocycles. The molecule has 1 atom stereocenters. The average Bonchev–Trinajstić information content (AvgIpc) is 2.16. The summed E-state index contributed by atoms with van der Waals surface area (Å²) in [4.78, 5) is 10.7. The Balaban J connectivity index is 2.70. The standard InChI is InChI=1S/C10H10Cl2O3S/c11-7-3-1-4-8(12)10(7)16(15)6-2-5-9(13)14/h1,3-4H,2,5-6H2,(H,13,14). The van der Waals surface area contributed by atoms with Crippen LogP contribution in [0.3, 0.4) is 0 Å². The molecular formula is C10H10Cl2O3S. The summed E-state index contributed by atoms with van der Waals surface area (Å²) in [5.41, 5.74) is 0. The van der Waals surface area contributed by atoms with Crippen molar-refractivity contribution in [2.24, 2.45) is 0 Å². The second kappa shape index (κ2) is 6.23. The predicted octanol–water partition coefficient (Wildman–Crippen LogP) is 2.97. The third-order valence-electron chi connectivity index (χ3n) is 1.87. The van der Waals surface area contributed by atoms with E-state index in [1.807, 2.05) is 0 Å². The van der Waals surface area contributed by atoms with Crippen LogP contribution in [0.4, 0.5) is 0 Å². The third-order valence-corrected chi connectivity index (χ3v) is 4.28. The summed E-state index contributed by atoms with van der Waals surface area (Å²) in [5.74, 6) is -0.655. The highest BCUT2D eigenvalue weighted by atomic mass is 35.5. The van der Waals surface area contributed by atoms with Gasteiger partial charge in [0.25, 0.3) is 0 Å². The van der Waals surface area contributed by atoms with Gasteiger partial charge in [0.2, 0.25) is 0 Å². The first-order valence-electron chi connectivity index (χ1n) is 4.56. The van der Waals surface area contributed by atoms with Crippen LogP contribution >= 0.6 is 23.2 Å². The zero-order valence-electron chi connectivity index (χ0n) is 8.28. The van der Waals surface area contributed by atoms with E-state index in [-0.39, 0.29) is 12.2 Å². The summed E-state index contributed by atoms with van der Waals surface area (Å²) in [7, 11) is -1.35. The van der Waals surface area contributed by atoms with Crippen LogP contribution in [-0.2, 0) is 15.6 Å². The van der Waals surface area contributed by atoms with Crippen LogP contribution in [0.15, 0.2) is 23.1 Å². The molecule has 1 N–H and O–H groups in total. The fraction of sp³-hybridized carbons (Fsp3) is 0.300. The second-order valence-electron chi connectivity index (χ2n) is 3.10. The Kier molecular flexibility index (Phi) is 5.25. The molecule has 0 aliphatic heterocycles. The first-order chi connectivity index (χ1) is 7.52. The Bertz CT molecular complexity index is 400. The number of hydrogen-bond acceptors (Lipinski definition) is 2. The van der Waals surface area contributed by atoms with Crippen molar-refractivity contribution in [1.29, 1.82) is 0 Å².